The quantitative estimate of drug-likeness (QED) is 0.784. The van der Waals surface area contributed by atoms with Gasteiger partial charge in [-0.2, -0.15) is 0 Å². The summed E-state index contributed by atoms with van der Waals surface area (Å²) >= 11 is 0. The average Bonchev–Trinajstić information content (AvgIpc) is 3.12. The van der Waals surface area contributed by atoms with Gasteiger partial charge in [0.15, 0.2) is 0 Å². The maximum Gasteiger partial charge on any atom is 0.225 e. The second-order valence-corrected chi connectivity index (χ2v) is 6.88. The number of amides is 1. The van der Waals surface area contributed by atoms with Gasteiger partial charge in [-0.05, 0) is 18.9 Å². The van der Waals surface area contributed by atoms with E-state index in [4.69, 9.17) is 0 Å². The summed E-state index contributed by atoms with van der Waals surface area (Å²) in [5.41, 5.74) is 4.01. The molecule has 0 spiro atoms. The molecule has 1 saturated heterocycles. The summed E-state index contributed by atoms with van der Waals surface area (Å²) < 4.78 is 0. The van der Waals surface area contributed by atoms with Crippen molar-refractivity contribution < 1.29 is 4.79 Å². The molecule has 1 amide bonds. The number of carbonyl (C=O) groups is 1. The first-order valence-electron chi connectivity index (χ1n) is 8.82. The summed E-state index contributed by atoms with van der Waals surface area (Å²) in [7, 11) is 3.66. The lowest BCUT2D eigenvalue weighted by Crippen LogP contribution is -2.40. The number of piperidine rings is 1. The van der Waals surface area contributed by atoms with E-state index in [-0.39, 0.29) is 11.8 Å². The summed E-state index contributed by atoms with van der Waals surface area (Å²) in [6, 6.07) is 2.05. The Morgan fingerprint density at radius 2 is 1.96 bits per heavy atom. The third-order valence-electron chi connectivity index (χ3n) is 5.05. The highest BCUT2D eigenvalue weighted by atomic mass is 16.2. The lowest BCUT2D eigenvalue weighted by Gasteiger charge is -2.34. The van der Waals surface area contributed by atoms with Crippen molar-refractivity contribution >= 4 is 22.6 Å². The van der Waals surface area contributed by atoms with Crippen molar-refractivity contribution in [2.75, 3.05) is 32.1 Å². The van der Waals surface area contributed by atoms with Crippen LogP contribution < -0.4 is 4.90 Å². The van der Waals surface area contributed by atoms with Gasteiger partial charge < -0.3 is 14.8 Å². The van der Waals surface area contributed by atoms with Gasteiger partial charge in [-0.1, -0.05) is 0 Å². The van der Waals surface area contributed by atoms with Gasteiger partial charge in [0, 0.05) is 80.1 Å². The molecule has 1 fully saturated rings. The molecule has 26 heavy (non-hydrogen) atoms. The fraction of sp³-hybridized carbons (Fsp3) is 0.368. The Balaban J connectivity index is 1.66. The Morgan fingerprint density at radius 1 is 1.23 bits per heavy atom. The molecule has 3 aromatic heterocycles. The van der Waals surface area contributed by atoms with Gasteiger partial charge in [-0.25, -0.2) is 15.0 Å². The van der Waals surface area contributed by atoms with E-state index in [9.17, 15) is 4.79 Å². The van der Waals surface area contributed by atoms with E-state index in [1.54, 1.807) is 4.90 Å². The number of rotatable bonds is 3. The van der Waals surface area contributed by atoms with Gasteiger partial charge >= 0.3 is 0 Å². The molecule has 4 rings (SSSR count). The minimum atomic E-state index is 0.117. The number of hydrogen-bond acceptors (Lipinski definition) is 5. The van der Waals surface area contributed by atoms with Crippen LogP contribution in [0.15, 0.2) is 37.2 Å². The molecule has 3 aromatic rings. The zero-order chi connectivity index (χ0) is 18.1. The summed E-state index contributed by atoms with van der Waals surface area (Å²) in [6.45, 7) is 1.72. The van der Waals surface area contributed by atoms with E-state index < -0.39 is 0 Å². The molecule has 4 heterocycles. The Hall–Kier alpha value is -2.96. The van der Waals surface area contributed by atoms with Crippen LogP contribution in [0.3, 0.4) is 0 Å². The Morgan fingerprint density at radius 3 is 2.65 bits per heavy atom. The van der Waals surface area contributed by atoms with Crippen LogP contribution in [0.2, 0.25) is 0 Å². The van der Waals surface area contributed by atoms with Crippen molar-refractivity contribution in [3.63, 3.8) is 0 Å². The molecule has 1 aliphatic heterocycles. The smallest absolute Gasteiger partial charge is 0.225 e. The van der Waals surface area contributed by atoms with E-state index in [0.717, 1.165) is 53.8 Å². The van der Waals surface area contributed by atoms with E-state index >= 15 is 0 Å². The fourth-order valence-electron chi connectivity index (χ4n) is 3.70. The molecule has 0 unspecified atom stereocenters. The highest BCUT2D eigenvalue weighted by molar-refractivity contribution is 6.02. The normalized spacial score (nSPS) is 15.4. The molecule has 0 atom stereocenters. The number of hydrogen-bond donors (Lipinski definition) is 1. The lowest BCUT2D eigenvalue weighted by molar-refractivity contribution is -0.133. The Kier molecular flexibility index (Phi) is 4.28. The van der Waals surface area contributed by atoms with Crippen LogP contribution in [0.1, 0.15) is 12.8 Å². The molecule has 1 N–H and O–H groups in total. The van der Waals surface area contributed by atoms with E-state index in [2.05, 4.69) is 30.9 Å². The first kappa shape index (κ1) is 16.5. The average molecular weight is 350 g/mol. The maximum atomic E-state index is 12.2. The number of H-pyrrole nitrogens is 1. The first-order valence-corrected chi connectivity index (χ1v) is 8.82. The van der Waals surface area contributed by atoms with Gasteiger partial charge in [0.2, 0.25) is 5.91 Å². The predicted octanol–water partition coefficient (Wildman–Crippen LogP) is 2.32. The fourth-order valence-corrected chi connectivity index (χ4v) is 3.70. The molecular formula is C19H22N6O. The van der Waals surface area contributed by atoms with E-state index in [0.29, 0.717) is 0 Å². The molecule has 7 heteroatoms. The Labute approximate surface area is 152 Å². The van der Waals surface area contributed by atoms with Crippen LogP contribution >= 0.6 is 0 Å². The zero-order valence-electron chi connectivity index (χ0n) is 15.0. The lowest BCUT2D eigenvalue weighted by atomic mass is 9.94. The van der Waals surface area contributed by atoms with Gasteiger partial charge in [-0.3, -0.25) is 4.79 Å². The van der Waals surface area contributed by atoms with Crippen LogP contribution in [0.25, 0.3) is 22.2 Å². The summed E-state index contributed by atoms with van der Waals surface area (Å²) in [5, 5.41) is 1.08. The van der Waals surface area contributed by atoms with Crippen molar-refractivity contribution in [3.05, 3.63) is 37.2 Å². The largest absolute Gasteiger partial charge is 0.371 e. The van der Waals surface area contributed by atoms with Crippen molar-refractivity contribution in [2.45, 2.75) is 12.8 Å². The number of carbonyl (C=O) groups excluding carboxylic acids is 1. The van der Waals surface area contributed by atoms with Gasteiger partial charge in [0.1, 0.15) is 12.0 Å². The second-order valence-electron chi connectivity index (χ2n) is 6.88. The number of nitrogens with one attached hydrogen (secondary N) is 1. The third kappa shape index (κ3) is 2.89. The van der Waals surface area contributed by atoms with Crippen molar-refractivity contribution in [1.82, 2.24) is 24.8 Å². The summed E-state index contributed by atoms with van der Waals surface area (Å²) in [5.74, 6) is 0.347. The number of anilines is 1. The minimum Gasteiger partial charge on any atom is -0.371 e. The van der Waals surface area contributed by atoms with Gasteiger partial charge in [0.05, 0.1) is 0 Å². The molecule has 0 aliphatic carbocycles. The molecule has 0 aromatic carbocycles. The minimum absolute atomic E-state index is 0.117. The first-order chi connectivity index (χ1) is 12.6. The Bertz CT molecular complexity index is 912. The van der Waals surface area contributed by atoms with Crippen molar-refractivity contribution in [3.8, 4) is 11.1 Å². The van der Waals surface area contributed by atoms with Gasteiger partial charge in [-0.15, -0.1) is 0 Å². The third-order valence-corrected chi connectivity index (χ3v) is 5.05. The number of aromatic amines is 1. The molecule has 0 saturated carbocycles. The molecule has 134 valence electrons. The van der Waals surface area contributed by atoms with Crippen LogP contribution in [0.5, 0.6) is 0 Å². The van der Waals surface area contributed by atoms with Crippen LogP contribution in [0, 0.1) is 5.92 Å². The summed E-state index contributed by atoms with van der Waals surface area (Å²) in [6.07, 6.45) is 10.7. The number of fused-ring (bicyclic) bond motifs is 1. The van der Waals surface area contributed by atoms with Crippen LogP contribution in [0.4, 0.5) is 5.69 Å². The molecule has 0 radical (unpaired) electrons. The van der Waals surface area contributed by atoms with E-state index in [1.807, 2.05) is 38.9 Å². The zero-order valence-corrected chi connectivity index (χ0v) is 15.0. The van der Waals surface area contributed by atoms with Crippen LogP contribution in [-0.4, -0.2) is 57.9 Å². The topological polar surface area (TPSA) is 78.0 Å². The molecule has 1 aliphatic rings. The highest BCUT2D eigenvalue weighted by Gasteiger charge is 2.27. The monoisotopic (exact) mass is 350 g/mol. The van der Waals surface area contributed by atoms with Crippen molar-refractivity contribution in [1.29, 1.82) is 0 Å². The highest BCUT2D eigenvalue weighted by Crippen LogP contribution is 2.36. The number of aromatic nitrogens is 4. The van der Waals surface area contributed by atoms with Crippen molar-refractivity contribution in [2.24, 2.45) is 5.92 Å². The molecular weight excluding hydrogens is 328 g/mol. The number of nitrogens with zero attached hydrogens (tertiary/aromatic N) is 5. The predicted molar refractivity (Wildman–Crippen MR) is 101 cm³/mol. The SMILES string of the molecule is CN(C)C(=O)C1CCN(c2ccnc3[nH]cc(-c4cncnc4)c23)CC1. The van der Waals surface area contributed by atoms with Crippen LogP contribution in [-0.2, 0) is 4.79 Å². The standard InChI is InChI=1S/C19H22N6O/c1-24(2)19(26)13-4-7-25(8-5-13)16-3-6-22-18-17(16)15(11-23-18)14-9-20-12-21-10-14/h3,6,9-13H,4-5,7-8H2,1-2H3,(H,22,23). The second kappa shape index (κ2) is 6.74. The van der Waals surface area contributed by atoms with E-state index in [1.165, 1.54) is 6.33 Å². The van der Waals surface area contributed by atoms with Gasteiger partial charge in [0.25, 0.3) is 0 Å². The maximum absolute atomic E-state index is 12.2. The summed E-state index contributed by atoms with van der Waals surface area (Å²) in [4.78, 5) is 32.3. The molecule has 0 bridgehead atoms. The molecule has 7 nitrogen and oxygen atoms in total. The number of pyridine rings is 1.